The summed E-state index contributed by atoms with van der Waals surface area (Å²) in [5.74, 6) is 0. The molecule has 148 valence electrons. The van der Waals surface area contributed by atoms with Gasteiger partial charge in [-0.25, -0.2) is 0 Å². The van der Waals surface area contributed by atoms with Crippen molar-refractivity contribution in [3.63, 3.8) is 0 Å². The van der Waals surface area contributed by atoms with Crippen LogP contribution >= 0.6 is 0 Å². The van der Waals surface area contributed by atoms with Gasteiger partial charge in [-0.2, -0.15) is 0 Å². The molecule has 0 unspecified atom stereocenters. The van der Waals surface area contributed by atoms with Gasteiger partial charge in [-0.15, -0.1) is 0 Å². The molecule has 2 fully saturated rings. The fraction of sp³-hybridized carbons (Fsp3) is 1.00. The van der Waals surface area contributed by atoms with Crippen LogP contribution in [-0.4, -0.2) is 117 Å². The molecule has 11 heteroatoms. The van der Waals surface area contributed by atoms with Crippen LogP contribution in [0.25, 0.3) is 0 Å². The Morgan fingerprint density at radius 3 is 2.08 bits per heavy atom. The van der Waals surface area contributed by atoms with Crippen LogP contribution in [0, 0.1) is 0 Å². The van der Waals surface area contributed by atoms with Gasteiger partial charge in [0.25, 0.3) is 0 Å². The van der Waals surface area contributed by atoms with E-state index in [1.54, 1.807) is 6.92 Å². The second-order valence-corrected chi connectivity index (χ2v) is 6.00. The smallest absolute Gasteiger partial charge is 0.187 e. The van der Waals surface area contributed by atoms with Crippen molar-refractivity contribution in [1.82, 2.24) is 0 Å². The minimum absolute atomic E-state index is 0.0736. The molecule has 0 aliphatic carbocycles. The van der Waals surface area contributed by atoms with E-state index in [0.717, 1.165) is 0 Å². The van der Waals surface area contributed by atoms with Gasteiger partial charge in [0.15, 0.2) is 12.6 Å². The van der Waals surface area contributed by atoms with Crippen LogP contribution in [0.4, 0.5) is 0 Å². The Bertz CT molecular complexity index is 408. The van der Waals surface area contributed by atoms with Gasteiger partial charge in [0.05, 0.1) is 13.2 Å². The van der Waals surface area contributed by atoms with E-state index in [2.05, 4.69) is 0 Å². The second-order valence-electron chi connectivity index (χ2n) is 6.00. The first-order valence-electron chi connectivity index (χ1n) is 8.05. The lowest BCUT2D eigenvalue weighted by molar-refractivity contribution is -0.355. The number of hydrogen-bond acceptors (Lipinski definition) is 11. The lowest BCUT2D eigenvalue weighted by atomic mass is 9.97. The maximum absolute atomic E-state index is 10.1. The van der Waals surface area contributed by atoms with E-state index < -0.39 is 68.0 Å². The summed E-state index contributed by atoms with van der Waals surface area (Å²) in [5, 5.41) is 68.5. The van der Waals surface area contributed by atoms with E-state index in [0.29, 0.717) is 6.61 Å². The Kier molecular flexibility index (Phi) is 7.49. The highest BCUT2D eigenvalue weighted by atomic mass is 16.7. The van der Waals surface area contributed by atoms with Crippen molar-refractivity contribution >= 4 is 0 Å². The SMILES string of the molecule is CCOC[C@H]1O[C@@H](O[C@H]2[C@H](O)[C@@H](O)[C@H](O)O[C@@H]2CO)[C@H](O)[C@@H](O)[C@@H]1O. The van der Waals surface area contributed by atoms with E-state index in [1.165, 1.54) is 0 Å². The third kappa shape index (κ3) is 4.46. The van der Waals surface area contributed by atoms with Gasteiger partial charge in [0.2, 0.25) is 0 Å². The number of aliphatic hydroxyl groups excluding tert-OH is 7. The Morgan fingerprint density at radius 2 is 1.48 bits per heavy atom. The third-order valence-electron chi connectivity index (χ3n) is 4.29. The second kappa shape index (κ2) is 8.97. The first-order chi connectivity index (χ1) is 11.8. The molecule has 0 saturated carbocycles. The molecule has 0 spiro atoms. The Hall–Kier alpha value is -0.440. The third-order valence-corrected chi connectivity index (χ3v) is 4.29. The Labute approximate surface area is 143 Å². The topological polar surface area (TPSA) is 179 Å². The van der Waals surface area contributed by atoms with Gasteiger partial charge in [0, 0.05) is 6.61 Å². The lowest BCUT2D eigenvalue weighted by Gasteiger charge is -2.45. The predicted octanol–water partition coefficient (Wildman–Crippen LogP) is -4.35. The summed E-state index contributed by atoms with van der Waals surface area (Å²) < 4.78 is 20.9. The van der Waals surface area contributed by atoms with E-state index >= 15 is 0 Å². The van der Waals surface area contributed by atoms with Crippen molar-refractivity contribution in [2.45, 2.75) is 68.3 Å². The van der Waals surface area contributed by atoms with Crippen molar-refractivity contribution < 1.29 is 54.7 Å². The van der Waals surface area contributed by atoms with Crippen LogP contribution in [0.15, 0.2) is 0 Å². The molecular formula is C14H26O11. The van der Waals surface area contributed by atoms with E-state index in [9.17, 15) is 35.7 Å². The summed E-state index contributed by atoms with van der Waals surface area (Å²) in [6.45, 7) is 1.34. The average molecular weight is 370 g/mol. The van der Waals surface area contributed by atoms with Gasteiger partial charge in [-0.05, 0) is 6.92 Å². The van der Waals surface area contributed by atoms with Gasteiger partial charge in [-0.3, -0.25) is 0 Å². The molecule has 0 radical (unpaired) electrons. The Balaban J connectivity index is 2.10. The van der Waals surface area contributed by atoms with E-state index in [1.807, 2.05) is 0 Å². The zero-order valence-electron chi connectivity index (χ0n) is 13.7. The highest BCUT2D eigenvalue weighted by Gasteiger charge is 2.50. The minimum atomic E-state index is -1.72. The molecule has 0 aromatic carbocycles. The van der Waals surface area contributed by atoms with Crippen LogP contribution in [0.2, 0.25) is 0 Å². The first-order valence-corrected chi connectivity index (χ1v) is 8.05. The molecule has 0 amide bonds. The van der Waals surface area contributed by atoms with Crippen LogP contribution < -0.4 is 0 Å². The molecule has 0 bridgehead atoms. The summed E-state index contributed by atoms with van der Waals surface area (Å²) in [4.78, 5) is 0. The van der Waals surface area contributed by atoms with Crippen molar-refractivity contribution in [2.24, 2.45) is 0 Å². The van der Waals surface area contributed by atoms with E-state index in [4.69, 9.17) is 18.9 Å². The summed E-state index contributed by atoms with van der Waals surface area (Å²) >= 11 is 0. The Morgan fingerprint density at radius 1 is 0.800 bits per heavy atom. The van der Waals surface area contributed by atoms with E-state index in [-0.39, 0.29) is 6.61 Å². The average Bonchev–Trinajstić information content (AvgIpc) is 2.60. The van der Waals surface area contributed by atoms with Crippen LogP contribution in [-0.2, 0) is 18.9 Å². The number of ether oxygens (including phenoxy) is 4. The molecule has 2 heterocycles. The molecule has 0 aromatic heterocycles. The lowest BCUT2D eigenvalue weighted by Crippen LogP contribution is -2.64. The van der Waals surface area contributed by atoms with Gasteiger partial charge < -0.3 is 54.7 Å². The van der Waals surface area contributed by atoms with Crippen LogP contribution in [0.1, 0.15) is 6.92 Å². The zero-order valence-corrected chi connectivity index (χ0v) is 13.7. The number of aliphatic hydroxyl groups is 7. The maximum Gasteiger partial charge on any atom is 0.187 e. The predicted molar refractivity (Wildman–Crippen MR) is 78.0 cm³/mol. The quantitative estimate of drug-likeness (QED) is 0.240. The van der Waals surface area contributed by atoms with Gasteiger partial charge in [0.1, 0.15) is 48.8 Å². The van der Waals surface area contributed by atoms with Gasteiger partial charge >= 0.3 is 0 Å². The van der Waals surface area contributed by atoms with Crippen molar-refractivity contribution in [1.29, 1.82) is 0 Å². The van der Waals surface area contributed by atoms with Crippen molar-refractivity contribution in [3.8, 4) is 0 Å². The highest BCUT2D eigenvalue weighted by Crippen LogP contribution is 2.28. The molecule has 25 heavy (non-hydrogen) atoms. The van der Waals surface area contributed by atoms with Crippen molar-refractivity contribution in [3.05, 3.63) is 0 Å². The molecule has 11 nitrogen and oxygen atoms in total. The summed E-state index contributed by atoms with van der Waals surface area (Å²) in [7, 11) is 0. The molecule has 2 aliphatic heterocycles. The molecule has 10 atom stereocenters. The monoisotopic (exact) mass is 370 g/mol. The molecule has 2 rings (SSSR count). The van der Waals surface area contributed by atoms with Crippen LogP contribution in [0.5, 0.6) is 0 Å². The first kappa shape index (κ1) is 20.9. The summed E-state index contributed by atoms with van der Waals surface area (Å²) in [6.07, 6.45) is -14.8. The fourth-order valence-electron chi connectivity index (χ4n) is 2.79. The zero-order chi connectivity index (χ0) is 18.7. The molecule has 0 aromatic rings. The maximum atomic E-state index is 10.1. The normalized spacial score (nSPS) is 48.5. The molecule has 2 aliphatic rings. The molecular weight excluding hydrogens is 344 g/mol. The van der Waals surface area contributed by atoms with Crippen LogP contribution in [0.3, 0.4) is 0 Å². The minimum Gasteiger partial charge on any atom is -0.394 e. The fourth-order valence-corrected chi connectivity index (χ4v) is 2.79. The summed E-state index contributed by atoms with van der Waals surface area (Å²) in [5.41, 5.74) is 0. The van der Waals surface area contributed by atoms with Gasteiger partial charge in [-0.1, -0.05) is 0 Å². The molecule has 2 saturated heterocycles. The number of rotatable bonds is 6. The van der Waals surface area contributed by atoms with Crippen molar-refractivity contribution in [2.75, 3.05) is 19.8 Å². The summed E-state index contributed by atoms with van der Waals surface area (Å²) in [6, 6.07) is 0. The largest absolute Gasteiger partial charge is 0.394 e. The standard InChI is InChI=1S/C14H26O11/c1-2-22-4-6-7(16)8(17)11(20)14(24-6)25-12-5(3-15)23-13(21)10(19)9(12)18/h5-21H,2-4H2,1H3/t5-,6-,7-,8+,9-,10-,11-,12-,13-,14+/m1/s1. The number of hydrogen-bond donors (Lipinski definition) is 7. The molecule has 7 N–H and O–H groups in total. The highest BCUT2D eigenvalue weighted by molar-refractivity contribution is 4.93.